The van der Waals surface area contributed by atoms with E-state index in [0.717, 1.165) is 76.7 Å². The number of carbonyl (C=O) groups is 2. The monoisotopic (exact) mass is 564 g/mol. The van der Waals surface area contributed by atoms with Crippen molar-refractivity contribution in [2.75, 3.05) is 24.7 Å². The Kier molecular flexibility index (Phi) is 12.7. The molecule has 0 radical (unpaired) electrons. The quantitative estimate of drug-likeness (QED) is 0.153. The first-order valence-corrected chi connectivity index (χ1v) is 15.6. The first kappa shape index (κ1) is 32.7. The number of unbranched alkanes of at least 4 members (excludes halogenated alkanes) is 3. The molecule has 1 aliphatic heterocycles. The molecule has 2 aromatic rings. The van der Waals surface area contributed by atoms with Crippen LogP contribution in [-0.4, -0.2) is 47.7 Å². The maximum absolute atomic E-state index is 12.8. The lowest BCUT2D eigenvalue weighted by atomic mass is 9.84. The zero-order valence-electron chi connectivity index (χ0n) is 26.1. The number of hydrogen-bond acceptors (Lipinski definition) is 6. The van der Waals surface area contributed by atoms with Crippen LogP contribution in [0.1, 0.15) is 98.0 Å². The van der Waals surface area contributed by atoms with Crippen molar-refractivity contribution in [2.45, 2.75) is 110 Å². The summed E-state index contributed by atoms with van der Waals surface area (Å²) in [6, 6.07) is 20.5. The van der Waals surface area contributed by atoms with Crippen molar-refractivity contribution in [3.63, 3.8) is 0 Å². The number of carbonyl (C=O) groups excluding carboxylic acids is 2. The number of rotatable bonds is 16. The molecule has 0 bridgehead atoms. The molecule has 6 nitrogen and oxygen atoms in total. The number of ether oxygens (including phenoxy) is 2. The molecule has 1 fully saturated rings. The molecule has 0 N–H and O–H groups in total. The summed E-state index contributed by atoms with van der Waals surface area (Å²) in [5.74, 6) is -0.365. The smallest absolute Gasteiger partial charge is 0.309 e. The van der Waals surface area contributed by atoms with E-state index in [1.54, 1.807) is 0 Å². The molecule has 2 aromatic carbocycles. The highest BCUT2D eigenvalue weighted by Gasteiger charge is 2.44. The number of esters is 2. The Labute approximate surface area is 248 Å². The summed E-state index contributed by atoms with van der Waals surface area (Å²) in [7, 11) is 0. The van der Waals surface area contributed by atoms with Gasteiger partial charge in [0.1, 0.15) is 12.2 Å². The lowest BCUT2D eigenvalue weighted by Crippen LogP contribution is -2.47. The van der Waals surface area contributed by atoms with E-state index in [1.807, 2.05) is 58.0 Å². The molecule has 2 unspecified atom stereocenters. The van der Waals surface area contributed by atoms with E-state index in [2.05, 4.69) is 47.1 Å². The van der Waals surface area contributed by atoms with Crippen molar-refractivity contribution in [1.29, 1.82) is 0 Å². The van der Waals surface area contributed by atoms with Crippen LogP contribution < -0.4 is 4.90 Å². The fourth-order valence-electron chi connectivity index (χ4n) is 5.67. The summed E-state index contributed by atoms with van der Waals surface area (Å²) in [4.78, 5) is 30.1. The fraction of sp³-hybridized carbons (Fsp3) is 0.600. The largest absolute Gasteiger partial charge is 0.461 e. The lowest BCUT2D eigenvalue weighted by molar-refractivity contribution is -0.159. The number of anilines is 1. The molecule has 0 amide bonds. The van der Waals surface area contributed by atoms with Gasteiger partial charge in [-0.1, -0.05) is 81.6 Å². The first-order valence-electron chi connectivity index (χ1n) is 15.6. The standard InChI is InChI=1S/C35H52N2O4/c1-6-7-23-35(24-22-29(2)33(39)41-34(3,4)5)27-36(28-37(35)31-19-13-9-14-20-31)25-16-10-15-21-32(38)40-26-30-17-11-8-12-18-30/h8-9,11-14,17-20,29H,6-7,10,15-16,21-28H2,1-5H3. The third kappa shape index (κ3) is 10.8. The fourth-order valence-corrected chi connectivity index (χ4v) is 5.67. The van der Waals surface area contributed by atoms with Crippen LogP contribution in [-0.2, 0) is 25.7 Å². The van der Waals surface area contributed by atoms with E-state index in [0.29, 0.717) is 13.0 Å². The normalized spacial score (nSPS) is 18.3. The lowest BCUT2D eigenvalue weighted by Gasteiger charge is -2.40. The van der Waals surface area contributed by atoms with E-state index < -0.39 is 5.60 Å². The van der Waals surface area contributed by atoms with Gasteiger partial charge in [0.25, 0.3) is 0 Å². The van der Waals surface area contributed by atoms with Crippen molar-refractivity contribution in [2.24, 2.45) is 5.92 Å². The molecule has 0 aliphatic carbocycles. The van der Waals surface area contributed by atoms with Crippen molar-refractivity contribution in [3.05, 3.63) is 66.2 Å². The third-order valence-corrected chi connectivity index (χ3v) is 7.95. The number of benzene rings is 2. The van der Waals surface area contributed by atoms with Crippen LogP contribution in [0.4, 0.5) is 5.69 Å². The van der Waals surface area contributed by atoms with Gasteiger partial charge in [0.2, 0.25) is 0 Å². The van der Waals surface area contributed by atoms with Crippen LogP contribution in [0.3, 0.4) is 0 Å². The second-order valence-corrected chi connectivity index (χ2v) is 12.7. The molecule has 3 rings (SSSR count). The molecular formula is C35H52N2O4. The van der Waals surface area contributed by atoms with Crippen molar-refractivity contribution < 1.29 is 19.1 Å². The van der Waals surface area contributed by atoms with Gasteiger partial charge in [-0.05, 0) is 77.1 Å². The Hall–Kier alpha value is -2.86. The van der Waals surface area contributed by atoms with Crippen molar-refractivity contribution in [1.82, 2.24) is 4.90 Å². The number of para-hydroxylation sites is 1. The summed E-state index contributed by atoms with van der Waals surface area (Å²) >= 11 is 0. The Morgan fingerprint density at radius 2 is 1.61 bits per heavy atom. The minimum absolute atomic E-state index is 0.0190. The average Bonchev–Trinajstić information content (AvgIpc) is 3.32. The number of nitrogens with zero attached hydrogens (tertiary/aromatic N) is 2. The summed E-state index contributed by atoms with van der Waals surface area (Å²) < 4.78 is 11.1. The van der Waals surface area contributed by atoms with Gasteiger partial charge in [-0.3, -0.25) is 14.5 Å². The van der Waals surface area contributed by atoms with Crippen LogP contribution in [0.15, 0.2) is 60.7 Å². The second-order valence-electron chi connectivity index (χ2n) is 12.7. The van der Waals surface area contributed by atoms with Crippen LogP contribution >= 0.6 is 0 Å². The molecule has 0 aromatic heterocycles. The molecule has 226 valence electrons. The minimum Gasteiger partial charge on any atom is -0.461 e. The summed E-state index contributed by atoms with van der Waals surface area (Å²) in [5.41, 5.74) is 1.78. The molecule has 0 spiro atoms. The molecule has 1 aliphatic rings. The molecule has 0 saturated carbocycles. The Morgan fingerprint density at radius 3 is 2.27 bits per heavy atom. The van der Waals surface area contributed by atoms with Crippen molar-refractivity contribution >= 4 is 17.6 Å². The van der Waals surface area contributed by atoms with Gasteiger partial charge < -0.3 is 14.4 Å². The molecule has 41 heavy (non-hydrogen) atoms. The van der Waals surface area contributed by atoms with Gasteiger partial charge in [-0.15, -0.1) is 0 Å². The number of hydrogen-bond donors (Lipinski definition) is 0. The van der Waals surface area contributed by atoms with Crippen LogP contribution in [0.5, 0.6) is 0 Å². The predicted octanol–water partition coefficient (Wildman–Crippen LogP) is 7.76. The zero-order chi connectivity index (χ0) is 29.7. The van der Waals surface area contributed by atoms with Crippen LogP contribution in [0.2, 0.25) is 0 Å². The minimum atomic E-state index is -0.468. The van der Waals surface area contributed by atoms with Gasteiger partial charge in [0.15, 0.2) is 0 Å². The van der Waals surface area contributed by atoms with E-state index in [1.165, 1.54) is 5.69 Å². The molecule has 1 saturated heterocycles. The van der Waals surface area contributed by atoms with Crippen molar-refractivity contribution in [3.8, 4) is 0 Å². The van der Waals surface area contributed by atoms with Gasteiger partial charge in [-0.2, -0.15) is 0 Å². The topological polar surface area (TPSA) is 59.1 Å². The molecule has 1 heterocycles. The van der Waals surface area contributed by atoms with Gasteiger partial charge in [0.05, 0.1) is 18.1 Å². The second kappa shape index (κ2) is 16.0. The van der Waals surface area contributed by atoms with Crippen LogP contribution in [0, 0.1) is 5.92 Å². The SMILES string of the molecule is CCCCC1(CCC(C)C(=O)OC(C)(C)C)CN(CCCCCC(=O)OCc2ccccc2)CN1c1ccccc1. The van der Waals surface area contributed by atoms with Gasteiger partial charge >= 0.3 is 11.9 Å². The van der Waals surface area contributed by atoms with E-state index in [-0.39, 0.29) is 23.4 Å². The Morgan fingerprint density at radius 1 is 0.927 bits per heavy atom. The summed E-state index contributed by atoms with van der Waals surface area (Å²) in [6.45, 7) is 13.3. The highest BCUT2D eigenvalue weighted by molar-refractivity contribution is 5.72. The Bertz CT molecular complexity index is 1050. The average molecular weight is 565 g/mol. The summed E-state index contributed by atoms with van der Waals surface area (Å²) in [6.07, 6.45) is 8.52. The van der Waals surface area contributed by atoms with E-state index in [4.69, 9.17) is 9.47 Å². The van der Waals surface area contributed by atoms with E-state index in [9.17, 15) is 9.59 Å². The zero-order valence-corrected chi connectivity index (χ0v) is 26.1. The third-order valence-electron chi connectivity index (χ3n) is 7.95. The predicted molar refractivity (Wildman–Crippen MR) is 167 cm³/mol. The highest BCUT2D eigenvalue weighted by Crippen LogP contribution is 2.39. The molecule has 2 atom stereocenters. The van der Waals surface area contributed by atoms with E-state index >= 15 is 0 Å². The van der Waals surface area contributed by atoms with Crippen LogP contribution in [0.25, 0.3) is 0 Å². The molecule has 6 heteroatoms. The maximum atomic E-state index is 12.8. The maximum Gasteiger partial charge on any atom is 0.309 e. The summed E-state index contributed by atoms with van der Waals surface area (Å²) in [5, 5.41) is 0. The Balaban J connectivity index is 1.56. The highest BCUT2D eigenvalue weighted by atomic mass is 16.6. The van der Waals surface area contributed by atoms with Gasteiger partial charge in [-0.25, -0.2) is 0 Å². The first-order chi connectivity index (χ1) is 19.6. The van der Waals surface area contributed by atoms with Gasteiger partial charge in [0, 0.05) is 18.7 Å². The molecular weight excluding hydrogens is 512 g/mol.